The molecule has 0 saturated heterocycles. The zero-order valence-electron chi connectivity index (χ0n) is 7.98. The monoisotopic (exact) mass is 259 g/mol. The molecule has 0 bridgehead atoms. The van der Waals surface area contributed by atoms with E-state index in [0.29, 0.717) is 21.3 Å². The van der Waals surface area contributed by atoms with Crippen molar-refractivity contribution in [2.75, 3.05) is 0 Å². The third kappa shape index (κ3) is 2.13. The maximum Gasteiger partial charge on any atom is 0.348 e. The van der Waals surface area contributed by atoms with E-state index in [2.05, 4.69) is 5.16 Å². The molecule has 1 aliphatic heterocycles. The third-order valence-electron chi connectivity index (χ3n) is 2.19. The van der Waals surface area contributed by atoms with Crippen molar-refractivity contribution in [3.8, 4) is 0 Å². The molecule has 1 unspecified atom stereocenters. The summed E-state index contributed by atoms with van der Waals surface area (Å²) in [5, 5.41) is 13.4. The number of aliphatic carboxylic acids is 1. The molecule has 1 aromatic carbocycles. The molecule has 0 spiro atoms. The second-order valence-electron chi connectivity index (χ2n) is 3.30. The summed E-state index contributed by atoms with van der Waals surface area (Å²) in [5.41, 5.74) is 1.17. The Morgan fingerprint density at radius 2 is 2.25 bits per heavy atom. The summed E-state index contributed by atoms with van der Waals surface area (Å²) >= 11 is 11.7. The van der Waals surface area contributed by atoms with Gasteiger partial charge in [-0.05, 0) is 12.1 Å². The molecule has 1 aromatic rings. The van der Waals surface area contributed by atoms with Gasteiger partial charge in [0.2, 0.25) is 6.10 Å². The number of halogens is 2. The summed E-state index contributed by atoms with van der Waals surface area (Å²) in [5.74, 6) is -1.04. The molecule has 1 atom stereocenters. The molecule has 1 aliphatic rings. The van der Waals surface area contributed by atoms with E-state index in [-0.39, 0.29) is 6.42 Å². The second kappa shape index (κ2) is 4.31. The van der Waals surface area contributed by atoms with Crippen LogP contribution < -0.4 is 0 Å². The molecule has 0 aromatic heterocycles. The number of nitrogens with zero attached hydrogens (tertiary/aromatic N) is 1. The molecule has 0 radical (unpaired) electrons. The average Bonchev–Trinajstić information content (AvgIpc) is 2.66. The Labute approximate surface area is 101 Å². The summed E-state index contributed by atoms with van der Waals surface area (Å²) in [6.07, 6.45) is -0.724. The number of benzene rings is 1. The lowest BCUT2D eigenvalue weighted by Gasteiger charge is -2.02. The first kappa shape index (κ1) is 11.2. The zero-order valence-corrected chi connectivity index (χ0v) is 9.50. The van der Waals surface area contributed by atoms with Crippen molar-refractivity contribution in [3.05, 3.63) is 33.8 Å². The van der Waals surface area contributed by atoms with Gasteiger partial charge in [0, 0.05) is 17.0 Å². The normalized spacial score (nSPS) is 19.1. The summed E-state index contributed by atoms with van der Waals surface area (Å²) in [7, 11) is 0. The van der Waals surface area contributed by atoms with Crippen molar-refractivity contribution in [3.63, 3.8) is 0 Å². The van der Waals surface area contributed by atoms with E-state index >= 15 is 0 Å². The molecule has 6 heteroatoms. The molecule has 1 heterocycles. The average molecular weight is 260 g/mol. The molecule has 0 amide bonds. The summed E-state index contributed by atoms with van der Waals surface area (Å²) in [4.78, 5) is 15.4. The highest BCUT2D eigenvalue weighted by Crippen LogP contribution is 2.25. The Kier molecular flexibility index (Phi) is 3.03. The van der Waals surface area contributed by atoms with Gasteiger partial charge in [-0.15, -0.1) is 0 Å². The van der Waals surface area contributed by atoms with E-state index in [0.717, 1.165) is 0 Å². The fourth-order valence-corrected chi connectivity index (χ4v) is 1.91. The van der Waals surface area contributed by atoms with E-state index < -0.39 is 12.1 Å². The number of carboxylic acid groups (broad SMARTS) is 1. The standard InChI is InChI=1S/C10H7Cl2NO3/c11-5-1-2-6(7(12)3-5)8-4-9(10(14)15)16-13-8/h1-3,9H,4H2,(H,14,15). The first-order valence-corrected chi connectivity index (χ1v) is 5.24. The van der Waals surface area contributed by atoms with E-state index in [9.17, 15) is 4.79 Å². The Bertz CT molecular complexity index is 473. The molecule has 4 nitrogen and oxygen atoms in total. The summed E-state index contributed by atoms with van der Waals surface area (Å²) < 4.78 is 0. The van der Waals surface area contributed by atoms with Crippen molar-refractivity contribution < 1.29 is 14.7 Å². The van der Waals surface area contributed by atoms with Crippen LogP contribution in [-0.2, 0) is 9.63 Å². The Morgan fingerprint density at radius 1 is 1.50 bits per heavy atom. The van der Waals surface area contributed by atoms with Gasteiger partial charge in [-0.3, -0.25) is 0 Å². The van der Waals surface area contributed by atoms with Crippen LogP contribution in [0, 0.1) is 0 Å². The smallest absolute Gasteiger partial charge is 0.348 e. The highest BCUT2D eigenvalue weighted by Gasteiger charge is 2.29. The Morgan fingerprint density at radius 3 is 2.81 bits per heavy atom. The minimum Gasteiger partial charge on any atom is -0.478 e. The van der Waals surface area contributed by atoms with Gasteiger partial charge in [0.1, 0.15) is 0 Å². The maximum absolute atomic E-state index is 10.7. The van der Waals surface area contributed by atoms with Crippen LogP contribution >= 0.6 is 23.2 Å². The maximum atomic E-state index is 10.7. The second-order valence-corrected chi connectivity index (χ2v) is 4.14. The predicted octanol–water partition coefficient (Wildman–Crippen LogP) is 2.57. The lowest BCUT2D eigenvalue weighted by molar-refractivity contribution is -0.148. The van der Waals surface area contributed by atoms with E-state index in [1.54, 1.807) is 18.2 Å². The van der Waals surface area contributed by atoms with Gasteiger partial charge in [0.25, 0.3) is 0 Å². The van der Waals surface area contributed by atoms with E-state index in [1.165, 1.54) is 0 Å². The van der Waals surface area contributed by atoms with Crippen LogP contribution in [-0.4, -0.2) is 22.9 Å². The highest BCUT2D eigenvalue weighted by atomic mass is 35.5. The van der Waals surface area contributed by atoms with Gasteiger partial charge in [0.15, 0.2) is 0 Å². The fraction of sp³-hybridized carbons (Fsp3) is 0.200. The molecular formula is C10H7Cl2NO3. The lowest BCUT2D eigenvalue weighted by atomic mass is 10.1. The first-order valence-electron chi connectivity index (χ1n) is 4.49. The number of oxime groups is 1. The lowest BCUT2D eigenvalue weighted by Crippen LogP contribution is -2.19. The van der Waals surface area contributed by atoms with Crippen LogP contribution in [0.5, 0.6) is 0 Å². The van der Waals surface area contributed by atoms with Crippen LogP contribution in [0.1, 0.15) is 12.0 Å². The predicted molar refractivity (Wildman–Crippen MR) is 60.1 cm³/mol. The number of hydrogen-bond donors (Lipinski definition) is 1. The van der Waals surface area contributed by atoms with Gasteiger partial charge in [0.05, 0.1) is 10.7 Å². The van der Waals surface area contributed by atoms with Gasteiger partial charge in [-0.25, -0.2) is 4.79 Å². The largest absolute Gasteiger partial charge is 0.478 e. The van der Waals surface area contributed by atoms with Gasteiger partial charge >= 0.3 is 5.97 Å². The number of rotatable bonds is 2. The van der Waals surface area contributed by atoms with E-state index in [4.69, 9.17) is 33.1 Å². The molecule has 1 N–H and O–H groups in total. The quantitative estimate of drug-likeness (QED) is 0.888. The van der Waals surface area contributed by atoms with Crippen LogP contribution in [0.2, 0.25) is 10.0 Å². The number of carbonyl (C=O) groups is 1. The molecule has 0 saturated carbocycles. The third-order valence-corrected chi connectivity index (χ3v) is 2.73. The van der Waals surface area contributed by atoms with Gasteiger partial charge < -0.3 is 9.94 Å². The Hall–Kier alpha value is -1.26. The summed E-state index contributed by atoms with van der Waals surface area (Å²) in [6, 6.07) is 4.94. The molecule has 2 rings (SSSR count). The van der Waals surface area contributed by atoms with Crippen LogP contribution in [0.4, 0.5) is 0 Å². The van der Waals surface area contributed by atoms with Crippen molar-refractivity contribution in [1.82, 2.24) is 0 Å². The van der Waals surface area contributed by atoms with Crippen LogP contribution in [0.25, 0.3) is 0 Å². The minimum absolute atomic E-state index is 0.205. The Balaban J connectivity index is 2.24. The molecule has 0 fully saturated rings. The molecular weight excluding hydrogens is 253 g/mol. The van der Waals surface area contributed by atoms with Crippen molar-refractivity contribution >= 4 is 34.9 Å². The van der Waals surface area contributed by atoms with Crippen molar-refractivity contribution in [2.45, 2.75) is 12.5 Å². The molecule has 84 valence electrons. The minimum atomic E-state index is -1.04. The van der Waals surface area contributed by atoms with Crippen LogP contribution in [0.3, 0.4) is 0 Å². The SMILES string of the molecule is O=C(O)C1CC(c2ccc(Cl)cc2Cl)=NO1. The van der Waals surface area contributed by atoms with Crippen molar-refractivity contribution in [2.24, 2.45) is 5.16 Å². The van der Waals surface area contributed by atoms with Crippen molar-refractivity contribution in [1.29, 1.82) is 0 Å². The van der Waals surface area contributed by atoms with E-state index in [1.807, 2.05) is 0 Å². The number of hydrogen-bond acceptors (Lipinski definition) is 3. The molecule has 16 heavy (non-hydrogen) atoms. The summed E-state index contributed by atoms with van der Waals surface area (Å²) in [6.45, 7) is 0. The first-order chi connectivity index (χ1) is 7.58. The van der Waals surface area contributed by atoms with Gasteiger partial charge in [-0.1, -0.05) is 34.4 Å². The fourth-order valence-electron chi connectivity index (χ4n) is 1.39. The topological polar surface area (TPSA) is 58.9 Å². The molecule has 0 aliphatic carbocycles. The highest BCUT2D eigenvalue weighted by molar-refractivity contribution is 6.37. The van der Waals surface area contributed by atoms with Crippen LogP contribution in [0.15, 0.2) is 23.4 Å². The number of carboxylic acids is 1. The zero-order chi connectivity index (χ0) is 11.7. The van der Waals surface area contributed by atoms with Gasteiger partial charge in [-0.2, -0.15) is 0 Å².